The number of nitrogens with one attached hydrogen (secondary N) is 1. The third-order valence-corrected chi connectivity index (χ3v) is 4.24. The summed E-state index contributed by atoms with van der Waals surface area (Å²) in [5.74, 6) is 0.279. The molecule has 1 N–H and O–H groups in total. The molecular formula is C16H32BNO4. The zero-order valence-electron chi connectivity index (χ0n) is 15.4. The Balaban J connectivity index is 2.28. The van der Waals surface area contributed by atoms with Gasteiger partial charge in [0.05, 0.1) is 11.2 Å². The molecule has 0 spiro atoms. The minimum atomic E-state index is -0.458. The van der Waals surface area contributed by atoms with Gasteiger partial charge in [-0.3, -0.25) is 0 Å². The fourth-order valence-corrected chi connectivity index (χ4v) is 2.19. The first-order chi connectivity index (χ1) is 9.84. The highest BCUT2D eigenvalue weighted by Crippen LogP contribution is 2.40. The molecule has 0 aromatic rings. The highest BCUT2D eigenvalue weighted by atomic mass is 16.7. The van der Waals surface area contributed by atoms with Crippen molar-refractivity contribution in [3.63, 3.8) is 0 Å². The summed E-state index contributed by atoms with van der Waals surface area (Å²) in [5, 5.41) is 2.77. The van der Waals surface area contributed by atoms with Gasteiger partial charge in [0, 0.05) is 6.54 Å². The van der Waals surface area contributed by atoms with Crippen molar-refractivity contribution in [3.05, 3.63) is 0 Å². The van der Waals surface area contributed by atoms with E-state index in [9.17, 15) is 4.79 Å². The number of carbonyl (C=O) groups excluding carboxylic acids is 1. The van der Waals surface area contributed by atoms with Crippen LogP contribution in [0.15, 0.2) is 0 Å². The average molecular weight is 313 g/mol. The van der Waals surface area contributed by atoms with E-state index in [2.05, 4.69) is 39.9 Å². The largest absolute Gasteiger partial charge is 0.460 e. The van der Waals surface area contributed by atoms with Crippen LogP contribution in [0.1, 0.15) is 68.2 Å². The second-order valence-corrected chi connectivity index (χ2v) is 8.17. The predicted molar refractivity (Wildman–Crippen MR) is 89.0 cm³/mol. The summed E-state index contributed by atoms with van der Waals surface area (Å²) in [5.41, 5.74) is -1.04. The lowest BCUT2D eigenvalue weighted by Crippen LogP contribution is -2.41. The molecule has 0 radical (unpaired) electrons. The van der Waals surface area contributed by atoms with Crippen molar-refractivity contribution in [2.24, 2.45) is 0 Å². The van der Waals surface area contributed by atoms with Crippen molar-refractivity contribution in [1.29, 1.82) is 0 Å². The van der Waals surface area contributed by atoms with E-state index in [0.29, 0.717) is 6.54 Å². The monoisotopic (exact) mass is 313 g/mol. The standard InChI is InChI=1S/C16H32BNO4/c1-12(17-21-15(5,6)16(7,8)22-17)10-9-11-18-13(19)20-14(2,3)4/h12H,9-11H2,1-8H3,(H,18,19). The van der Waals surface area contributed by atoms with Gasteiger partial charge in [0.15, 0.2) is 0 Å². The summed E-state index contributed by atoms with van der Waals surface area (Å²) in [6.07, 6.45) is 1.42. The van der Waals surface area contributed by atoms with Crippen LogP contribution in [-0.4, -0.2) is 36.6 Å². The molecule has 5 nitrogen and oxygen atoms in total. The van der Waals surface area contributed by atoms with Gasteiger partial charge in [-0.2, -0.15) is 0 Å². The molecule has 0 aromatic carbocycles. The summed E-state index contributed by atoms with van der Waals surface area (Å²) < 4.78 is 17.3. The Morgan fingerprint density at radius 1 is 1.18 bits per heavy atom. The van der Waals surface area contributed by atoms with Crippen molar-refractivity contribution in [3.8, 4) is 0 Å². The molecule has 0 bridgehead atoms. The van der Waals surface area contributed by atoms with E-state index in [0.717, 1.165) is 12.8 Å². The molecule has 6 heteroatoms. The number of rotatable bonds is 5. The first-order valence-corrected chi connectivity index (χ1v) is 8.16. The lowest BCUT2D eigenvalue weighted by atomic mass is 9.71. The molecule has 1 unspecified atom stereocenters. The molecule has 1 aliphatic rings. The van der Waals surface area contributed by atoms with Crippen LogP contribution in [0, 0.1) is 0 Å². The molecular weight excluding hydrogens is 281 g/mol. The zero-order valence-corrected chi connectivity index (χ0v) is 15.4. The fraction of sp³-hybridized carbons (Fsp3) is 0.938. The van der Waals surface area contributed by atoms with E-state index >= 15 is 0 Å². The smallest absolute Gasteiger partial charge is 0.444 e. The molecule has 1 atom stereocenters. The van der Waals surface area contributed by atoms with Gasteiger partial charge in [0.25, 0.3) is 0 Å². The number of hydrogen-bond donors (Lipinski definition) is 1. The van der Waals surface area contributed by atoms with Gasteiger partial charge in [-0.15, -0.1) is 0 Å². The number of hydrogen-bond acceptors (Lipinski definition) is 4. The molecule has 0 aliphatic carbocycles. The van der Waals surface area contributed by atoms with Crippen molar-refractivity contribution in [2.45, 2.75) is 90.9 Å². The molecule has 0 aromatic heterocycles. The summed E-state index contributed by atoms with van der Waals surface area (Å²) in [7, 11) is -0.188. The first kappa shape index (κ1) is 19.3. The lowest BCUT2D eigenvalue weighted by Gasteiger charge is -2.32. The number of ether oxygens (including phenoxy) is 1. The van der Waals surface area contributed by atoms with Crippen LogP contribution in [0.3, 0.4) is 0 Å². The molecule has 1 saturated heterocycles. The van der Waals surface area contributed by atoms with Gasteiger partial charge in [-0.1, -0.05) is 13.3 Å². The van der Waals surface area contributed by atoms with Gasteiger partial charge in [-0.25, -0.2) is 4.79 Å². The van der Waals surface area contributed by atoms with Crippen LogP contribution in [0.5, 0.6) is 0 Å². The highest BCUT2D eigenvalue weighted by Gasteiger charge is 2.52. The normalized spacial score (nSPS) is 21.5. The van der Waals surface area contributed by atoms with E-state index in [1.54, 1.807) is 0 Å². The predicted octanol–water partition coefficient (Wildman–Crippen LogP) is 3.77. The maximum Gasteiger partial charge on any atom is 0.460 e. The van der Waals surface area contributed by atoms with E-state index in [1.807, 2.05) is 20.8 Å². The quantitative estimate of drug-likeness (QED) is 0.620. The van der Waals surface area contributed by atoms with Gasteiger partial charge in [0.1, 0.15) is 5.60 Å². The second-order valence-electron chi connectivity index (χ2n) is 8.17. The van der Waals surface area contributed by atoms with Gasteiger partial charge >= 0.3 is 13.2 Å². The molecule has 1 amide bonds. The third-order valence-electron chi connectivity index (χ3n) is 4.24. The van der Waals surface area contributed by atoms with Crippen LogP contribution >= 0.6 is 0 Å². The minimum Gasteiger partial charge on any atom is -0.444 e. The summed E-state index contributed by atoms with van der Waals surface area (Å²) in [4.78, 5) is 11.5. The van der Waals surface area contributed by atoms with Gasteiger partial charge in [0.2, 0.25) is 0 Å². The first-order valence-electron chi connectivity index (χ1n) is 8.16. The van der Waals surface area contributed by atoms with Crippen molar-refractivity contribution < 1.29 is 18.8 Å². The van der Waals surface area contributed by atoms with Crippen LogP contribution in [0.2, 0.25) is 5.82 Å². The molecule has 1 aliphatic heterocycles. The SMILES string of the molecule is CC(CCCNC(=O)OC(C)(C)C)B1OC(C)(C)C(C)(C)O1. The Labute approximate surface area is 135 Å². The number of alkyl carbamates (subject to hydrolysis) is 1. The summed E-state index contributed by atoms with van der Waals surface area (Å²) >= 11 is 0. The number of amides is 1. The van der Waals surface area contributed by atoms with Crippen LogP contribution in [0.25, 0.3) is 0 Å². The Hall–Kier alpha value is -0.745. The van der Waals surface area contributed by atoms with Crippen LogP contribution in [-0.2, 0) is 14.0 Å². The van der Waals surface area contributed by atoms with Crippen LogP contribution < -0.4 is 5.32 Å². The molecule has 128 valence electrons. The molecule has 1 fully saturated rings. The Morgan fingerprint density at radius 3 is 2.14 bits per heavy atom. The fourth-order valence-electron chi connectivity index (χ4n) is 2.19. The Morgan fingerprint density at radius 2 is 1.68 bits per heavy atom. The molecule has 1 heterocycles. The average Bonchev–Trinajstić information content (AvgIpc) is 2.51. The third kappa shape index (κ3) is 5.47. The topological polar surface area (TPSA) is 56.8 Å². The van der Waals surface area contributed by atoms with Crippen LogP contribution in [0.4, 0.5) is 4.79 Å². The van der Waals surface area contributed by atoms with Crippen molar-refractivity contribution in [2.75, 3.05) is 6.54 Å². The Kier molecular flexibility index (Phi) is 5.96. The van der Waals surface area contributed by atoms with E-state index in [4.69, 9.17) is 14.0 Å². The second kappa shape index (κ2) is 6.79. The Bertz CT molecular complexity index is 374. The minimum absolute atomic E-state index is 0.188. The molecule has 22 heavy (non-hydrogen) atoms. The number of carbonyl (C=O) groups is 1. The van der Waals surface area contributed by atoms with E-state index < -0.39 is 5.60 Å². The molecule has 0 saturated carbocycles. The van der Waals surface area contributed by atoms with E-state index in [1.165, 1.54) is 0 Å². The maximum atomic E-state index is 11.5. The maximum absolute atomic E-state index is 11.5. The molecule has 1 rings (SSSR count). The lowest BCUT2D eigenvalue weighted by molar-refractivity contribution is 0.00578. The van der Waals surface area contributed by atoms with E-state index in [-0.39, 0.29) is 30.2 Å². The summed E-state index contributed by atoms with van der Waals surface area (Å²) in [6.45, 7) is 16.5. The van der Waals surface area contributed by atoms with Crippen molar-refractivity contribution >= 4 is 13.2 Å². The van der Waals surface area contributed by atoms with Gasteiger partial charge < -0.3 is 19.4 Å². The summed E-state index contributed by atoms with van der Waals surface area (Å²) in [6, 6.07) is 0. The highest BCUT2D eigenvalue weighted by molar-refractivity contribution is 6.47. The zero-order chi connectivity index (χ0) is 17.2. The van der Waals surface area contributed by atoms with Gasteiger partial charge in [-0.05, 0) is 60.7 Å². The van der Waals surface area contributed by atoms with Crippen molar-refractivity contribution in [1.82, 2.24) is 5.32 Å².